The molecule has 0 spiro atoms. The van der Waals surface area contributed by atoms with E-state index in [-0.39, 0.29) is 22.8 Å². The minimum atomic E-state index is -3.72. The van der Waals surface area contributed by atoms with Gasteiger partial charge in [-0.2, -0.15) is 4.31 Å². The van der Waals surface area contributed by atoms with Crippen molar-refractivity contribution in [3.05, 3.63) is 60.7 Å². The molecule has 5 nitrogen and oxygen atoms in total. The van der Waals surface area contributed by atoms with E-state index >= 15 is 0 Å². The van der Waals surface area contributed by atoms with Crippen LogP contribution < -0.4 is 5.32 Å². The normalized spacial score (nSPS) is 25.7. The lowest BCUT2D eigenvalue weighted by Crippen LogP contribution is -2.47. The van der Waals surface area contributed by atoms with Gasteiger partial charge in [-0.1, -0.05) is 49.2 Å². The molecule has 1 aliphatic carbocycles. The number of para-hydroxylation sites is 1. The monoisotopic (exact) mass is 384 g/mol. The Morgan fingerprint density at radius 1 is 0.926 bits per heavy atom. The van der Waals surface area contributed by atoms with Gasteiger partial charge in [0.1, 0.15) is 6.04 Å². The van der Waals surface area contributed by atoms with E-state index < -0.39 is 16.1 Å². The SMILES string of the molecule is O=C(Nc1ccccc1)[C@@H]1C[C@H]2CCCC[C@@H]2N1S(=O)(=O)c1ccccc1. The van der Waals surface area contributed by atoms with Gasteiger partial charge in [-0.15, -0.1) is 0 Å². The highest BCUT2D eigenvalue weighted by molar-refractivity contribution is 7.89. The Balaban J connectivity index is 1.67. The molecule has 1 heterocycles. The molecule has 0 aromatic heterocycles. The Bertz CT molecular complexity index is 900. The first kappa shape index (κ1) is 18.2. The van der Waals surface area contributed by atoms with Gasteiger partial charge >= 0.3 is 0 Å². The van der Waals surface area contributed by atoms with Crippen molar-refractivity contribution in [1.82, 2.24) is 4.31 Å². The molecule has 0 unspecified atom stereocenters. The van der Waals surface area contributed by atoms with Crippen LogP contribution in [0, 0.1) is 5.92 Å². The lowest BCUT2D eigenvalue weighted by Gasteiger charge is -2.32. The van der Waals surface area contributed by atoms with E-state index in [4.69, 9.17) is 0 Å². The minimum Gasteiger partial charge on any atom is -0.325 e. The van der Waals surface area contributed by atoms with E-state index in [9.17, 15) is 13.2 Å². The number of carbonyl (C=O) groups excluding carboxylic acids is 1. The molecule has 1 saturated carbocycles. The Kier molecular flexibility index (Phi) is 5.02. The molecule has 1 aliphatic heterocycles. The van der Waals surface area contributed by atoms with E-state index in [2.05, 4.69) is 5.32 Å². The van der Waals surface area contributed by atoms with E-state index in [0.29, 0.717) is 12.1 Å². The summed E-state index contributed by atoms with van der Waals surface area (Å²) in [4.78, 5) is 13.3. The standard InChI is InChI=1S/C21H24N2O3S/c24-21(22-17-10-3-1-4-11-17)20-15-16-9-7-8-14-19(16)23(20)27(25,26)18-12-5-2-6-13-18/h1-6,10-13,16,19-20H,7-9,14-15H2,(H,22,24)/t16-,19+,20+/m1/s1. The van der Waals surface area contributed by atoms with Gasteiger partial charge in [0.15, 0.2) is 0 Å². The van der Waals surface area contributed by atoms with Crippen molar-refractivity contribution in [3.63, 3.8) is 0 Å². The quantitative estimate of drug-likeness (QED) is 0.875. The molecular formula is C21H24N2O3S. The molecular weight excluding hydrogens is 360 g/mol. The molecule has 27 heavy (non-hydrogen) atoms. The third-order valence-electron chi connectivity index (χ3n) is 5.69. The van der Waals surface area contributed by atoms with Gasteiger partial charge < -0.3 is 5.32 Å². The van der Waals surface area contributed by atoms with Gasteiger partial charge in [-0.05, 0) is 49.4 Å². The van der Waals surface area contributed by atoms with Crippen LogP contribution in [0.4, 0.5) is 5.69 Å². The molecule has 0 radical (unpaired) electrons. The fourth-order valence-electron chi connectivity index (χ4n) is 4.45. The summed E-state index contributed by atoms with van der Waals surface area (Å²) in [6.07, 6.45) is 4.52. The summed E-state index contributed by atoms with van der Waals surface area (Å²) in [5.74, 6) is 0.0128. The Morgan fingerprint density at radius 2 is 1.56 bits per heavy atom. The number of nitrogens with zero attached hydrogens (tertiary/aromatic N) is 1. The van der Waals surface area contributed by atoms with Crippen LogP contribution >= 0.6 is 0 Å². The number of hydrogen-bond acceptors (Lipinski definition) is 3. The number of carbonyl (C=O) groups is 1. The van der Waals surface area contributed by atoms with Crippen molar-refractivity contribution in [2.75, 3.05) is 5.32 Å². The molecule has 2 fully saturated rings. The molecule has 2 aromatic rings. The Labute approximate surface area is 160 Å². The number of hydrogen-bond donors (Lipinski definition) is 1. The summed E-state index contributed by atoms with van der Waals surface area (Å²) in [6, 6.07) is 16.9. The molecule has 6 heteroatoms. The molecule has 1 saturated heterocycles. The van der Waals surface area contributed by atoms with Crippen LogP contribution in [0.3, 0.4) is 0 Å². The summed E-state index contributed by atoms with van der Waals surface area (Å²) < 4.78 is 28.3. The average Bonchev–Trinajstić information content (AvgIpc) is 3.10. The maximum absolute atomic E-state index is 13.4. The first-order valence-electron chi connectivity index (χ1n) is 9.52. The Morgan fingerprint density at radius 3 is 2.26 bits per heavy atom. The van der Waals surface area contributed by atoms with E-state index in [1.54, 1.807) is 30.3 Å². The number of sulfonamides is 1. The number of amides is 1. The molecule has 1 amide bonds. The van der Waals surface area contributed by atoms with E-state index in [1.165, 1.54) is 4.31 Å². The lowest BCUT2D eigenvalue weighted by molar-refractivity contribution is -0.119. The van der Waals surface area contributed by atoms with Crippen LogP contribution in [0.1, 0.15) is 32.1 Å². The first-order chi connectivity index (χ1) is 13.1. The largest absolute Gasteiger partial charge is 0.325 e. The zero-order chi connectivity index (χ0) is 18.9. The molecule has 2 aromatic carbocycles. The molecule has 1 N–H and O–H groups in total. The smallest absolute Gasteiger partial charge is 0.244 e. The maximum atomic E-state index is 13.4. The highest BCUT2D eigenvalue weighted by atomic mass is 32.2. The van der Waals surface area contributed by atoms with Crippen molar-refractivity contribution in [1.29, 1.82) is 0 Å². The third-order valence-corrected chi connectivity index (χ3v) is 7.64. The van der Waals surface area contributed by atoms with Crippen LogP contribution in [-0.4, -0.2) is 30.7 Å². The number of benzene rings is 2. The minimum absolute atomic E-state index is 0.0875. The van der Waals surface area contributed by atoms with Crippen molar-refractivity contribution in [3.8, 4) is 0 Å². The third kappa shape index (κ3) is 3.51. The number of rotatable bonds is 4. The molecule has 0 bridgehead atoms. The molecule has 2 aliphatic rings. The molecule has 142 valence electrons. The predicted octanol–water partition coefficient (Wildman–Crippen LogP) is 3.65. The van der Waals surface area contributed by atoms with Crippen molar-refractivity contribution >= 4 is 21.6 Å². The van der Waals surface area contributed by atoms with Gasteiger partial charge in [-0.3, -0.25) is 4.79 Å². The lowest BCUT2D eigenvalue weighted by atomic mass is 9.85. The van der Waals surface area contributed by atoms with E-state index in [0.717, 1.165) is 25.7 Å². The predicted molar refractivity (Wildman–Crippen MR) is 105 cm³/mol. The highest BCUT2D eigenvalue weighted by Gasteiger charge is 2.50. The second kappa shape index (κ2) is 7.44. The van der Waals surface area contributed by atoms with Gasteiger partial charge in [0.2, 0.25) is 15.9 Å². The van der Waals surface area contributed by atoms with Crippen molar-refractivity contribution in [2.24, 2.45) is 5.92 Å². The van der Waals surface area contributed by atoms with Crippen LogP contribution in [0.25, 0.3) is 0 Å². The fraction of sp³-hybridized carbons (Fsp3) is 0.381. The summed E-state index contributed by atoms with van der Waals surface area (Å²) in [7, 11) is -3.72. The zero-order valence-corrected chi connectivity index (χ0v) is 15.9. The van der Waals surface area contributed by atoms with Crippen molar-refractivity contribution < 1.29 is 13.2 Å². The molecule has 3 atom stereocenters. The summed E-state index contributed by atoms with van der Waals surface area (Å²) >= 11 is 0. The summed E-state index contributed by atoms with van der Waals surface area (Å²) in [6.45, 7) is 0. The summed E-state index contributed by atoms with van der Waals surface area (Å²) in [5, 5.41) is 2.90. The van der Waals surface area contributed by atoms with Crippen LogP contribution in [0.2, 0.25) is 0 Å². The number of nitrogens with one attached hydrogen (secondary N) is 1. The second-order valence-electron chi connectivity index (χ2n) is 7.37. The maximum Gasteiger partial charge on any atom is 0.244 e. The topological polar surface area (TPSA) is 66.5 Å². The fourth-order valence-corrected chi connectivity index (χ4v) is 6.34. The van der Waals surface area contributed by atoms with Crippen LogP contribution in [0.5, 0.6) is 0 Å². The zero-order valence-electron chi connectivity index (χ0n) is 15.1. The van der Waals surface area contributed by atoms with E-state index in [1.807, 2.05) is 30.3 Å². The van der Waals surface area contributed by atoms with Gasteiger partial charge in [0, 0.05) is 11.7 Å². The van der Waals surface area contributed by atoms with Crippen molar-refractivity contribution in [2.45, 2.75) is 49.1 Å². The first-order valence-corrected chi connectivity index (χ1v) is 11.0. The van der Waals surface area contributed by atoms with Gasteiger partial charge in [-0.25, -0.2) is 8.42 Å². The Hall–Kier alpha value is -2.18. The summed E-state index contributed by atoms with van der Waals surface area (Å²) in [5.41, 5.74) is 0.689. The number of fused-ring (bicyclic) bond motifs is 1. The highest BCUT2D eigenvalue weighted by Crippen LogP contribution is 2.43. The van der Waals surface area contributed by atoms with Gasteiger partial charge in [0.25, 0.3) is 0 Å². The number of anilines is 1. The average molecular weight is 385 g/mol. The van der Waals surface area contributed by atoms with Crippen LogP contribution in [-0.2, 0) is 14.8 Å². The second-order valence-corrected chi connectivity index (χ2v) is 9.21. The van der Waals surface area contributed by atoms with Gasteiger partial charge in [0.05, 0.1) is 4.90 Å². The van der Waals surface area contributed by atoms with Crippen LogP contribution in [0.15, 0.2) is 65.6 Å². The molecule has 4 rings (SSSR count).